The normalized spacial score (nSPS) is 18.2. The Labute approximate surface area is 240 Å². The Hall–Kier alpha value is -4.71. The van der Waals surface area contributed by atoms with Crippen LogP contribution in [0.3, 0.4) is 0 Å². The summed E-state index contributed by atoms with van der Waals surface area (Å²) in [6.07, 6.45) is 2.10. The summed E-state index contributed by atoms with van der Waals surface area (Å²) in [4.78, 5) is 44.1. The van der Waals surface area contributed by atoms with Crippen molar-refractivity contribution in [2.75, 3.05) is 29.9 Å². The first kappa shape index (κ1) is 26.5. The van der Waals surface area contributed by atoms with E-state index in [1.807, 2.05) is 95.6 Å². The highest BCUT2D eigenvalue weighted by Crippen LogP contribution is 2.43. The second kappa shape index (κ2) is 11.0. The molecule has 6 heteroatoms. The Morgan fingerprint density at radius 1 is 0.805 bits per heavy atom. The molecule has 6 nitrogen and oxygen atoms in total. The van der Waals surface area contributed by atoms with Gasteiger partial charge in [0.2, 0.25) is 5.91 Å². The summed E-state index contributed by atoms with van der Waals surface area (Å²) in [5.74, 6) is -0.116. The van der Waals surface area contributed by atoms with E-state index in [-0.39, 0.29) is 17.7 Å². The molecule has 0 aromatic heterocycles. The molecule has 1 unspecified atom stereocenters. The summed E-state index contributed by atoms with van der Waals surface area (Å²) in [5.41, 5.74) is 5.01. The Morgan fingerprint density at radius 2 is 1.49 bits per heavy atom. The van der Waals surface area contributed by atoms with Crippen LogP contribution >= 0.6 is 0 Å². The van der Waals surface area contributed by atoms with Crippen molar-refractivity contribution in [3.63, 3.8) is 0 Å². The maximum Gasteiger partial charge on any atom is 0.258 e. The summed E-state index contributed by atoms with van der Waals surface area (Å²) in [6, 6.07) is 32.3. The summed E-state index contributed by atoms with van der Waals surface area (Å²) >= 11 is 0. The van der Waals surface area contributed by atoms with E-state index in [1.54, 1.807) is 24.3 Å². The Morgan fingerprint density at radius 3 is 2.24 bits per heavy atom. The Kier molecular flexibility index (Phi) is 7.14. The molecular formula is C35H33N3O3. The number of para-hydroxylation sites is 1. The predicted molar refractivity (Wildman–Crippen MR) is 162 cm³/mol. The van der Waals surface area contributed by atoms with E-state index in [0.717, 1.165) is 35.3 Å². The van der Waals surface area contributed by atoms with E-state index in [0.29, 0.717) is 42.7 Å². The lowest BCUT2D eigenvalue weighted by Gasteiger charge is -2.26. The topological polar surface area (TPSA) is 69.7 Å². The molecule has 0 saturated carbocycles. The quantitative estimate of drug-likeness (QED) is 0.315. The van der Waals surface area contributed by atoms with Gasteiger partial charge in [0, 0.05) is 42.1 Å². The van der Waals surface area contributed by atoms with Crippen molar-refractivity contribution in [2.24, 2.45) is 5.41 Å². The Bertz CT molecular complexity index is 1600. The lowest BCUT2D eigenvalue weighted by Crippen LogP contribution is -2.38. The fourth-order valence-electron chi connectivity index (χ4n) is 6.23. The monoisotopic (exact) mass is 543 g/mol. The van der Waals surface area contributed by atoms with E-state index >= 15 is 0 Å². The number of likely N-dealkylation sites (tertiary alicyclic amines) is 1. The summed E-state index contributed by atoms with van der Waals surface area (Å²) < 4.78 is 0. The predicted octanol–water partition coefficient (Wildman–Crippen LogP) is 6.44. The van der Waals surface area contributed by atoms with Crippen LogP contribution in [-0.4, -0.2) is 42.3 Å². The SMILES string of the molecule is CCN1CCC2(CCN(C(=O)c3ccc(NC(=O)c4ccccc4-c4ccccc4)cc3)c3ccccc3C2)C1=O. The average molecular weight is 544 g/mol. The molecule has 4 aromatic rings. The zero-order chi connectivity index (χ0) is 28.4. The van der Waals surface area contributed by atoms with Crippen molar-refractivity contribution in [3.05, 3.63) is 120 Å². The van der Waals surface area contributed by atoms with Crippen molar-refractivity contribution in [1.29, 1.82) is 0 Å². The van der Waals surface area contributed by atoms with Gasteiger partial charge in [0.25, 0.3) is 11.8 Å². The molecule has 0 aliphatic carbocycles. The van der Waals surface area contributed by atoms with Crippen LogP contribution in [0.2, 0.25) is 0 Å². The van der Waals surface area contributed by atoms with Crippen LogP contribution in [0.5, 0.6) is 0 Å². The fourth-order valence-corrected chi connectivity index (χ4v) is 6.23. The van der Waals surface area contributed by atoms with Crippen molar-refractivity contribution in [2.45, 2.75) is 26.2 Å². The molecule has 1 saturated heterocycles. The van der Waals surface area contributed by atoms with Crippen LogP contribution in [0.1, 0.15) is 46.0 Å². The van der Waals surface area contributed by atoms with Gasteiger partial charge in [-0.05, 0) is 79.3 Å². The van der Waals surface area contributed by atoms with Crippen LogP contribution < -0.4 is 10.2 Å². The van der Waals surface area contributed by atoms with Gasteiger partial charge in [-0.1, -0.05) is 66.7 Å². The molecule has 2 aliphatic rings. The van der Waals surface area contributed by atoms with E-state index in [1.165, 1.54) is 0 Å². The van der Waals surface area contributed by atoms with Crippen LogP contribution in [0.15, 0.2) is 103 Å². The second-order valence-electron chi connectivity index (χ2n) is 10.9. The van der Waals surface area contributed by atoms with Crippen molar-refractivity contribution in [1.82, 2.24) is 4.90 Å². The molecular weight excluding hydrogens is 510 g/mol. The molecule has 2 heterocycles. The molecule has 2 aliphatic heterocycles. The van der Waals surface area contributed by atoms with Gasteiger partial charge in [0.05, 0.1) is 5.41 Å². The van der Waals surface area contributed by atoms with Crippen molar-refractivity contribution >= 4 is 29.1 Å². The molecule has 4 aromatic carbocycles. The first-order valence-corrected chi connectivity index (χ1v) is 14.2. The number of nitrogens with zero attached hydrogens (tertiary/aromatic N) is 2. The standard InChI is InChI=1S/C35H33N3O3/c1-2-37-22-20-35(34(37)41)21-23-38(31-15-9-6-12-27(31)24-35)33(40)26-16-18-28(19-17-26)36-32(39)30-14-8-7-13-29(30)25-10-4-3-5-11-25/h3-19H,2,20-24H2,1H3,(H,36,39). The van der Waals surface area contributed by atoms with Gasteiger partial charge in [-0.25, -0.2) is 0 Å². The summed E-state index contributed by atoms with van der Waals surface area (Å²) in [6.45, 7) is 3.99. The molecule has 1 N–H and O–H groups in total. The Balaban J connectivity index is 1.21. The molecule has 0 radical (unpaired) electrons. The smallest absolute Gasteiger partial charge is 0.258 e. The van der Waals surface area contributed by atoms with Gasteiger partial charge >= 0.3 is 0 Å². The third-order valence-electron chi connectivity index (χ3n) is 8.50. The number of rotatable bonds is 5. The van der Waals surface area contributed by atoms with Crippen LogP contribution in [-0.2, 0) is 11.2 Å². The van der Waals surface area contributed by atoms with Gasteiger partial charge < -0.3 is 15.1 Å². The number of anilines is 2. The van der Waals surface area contributed by atoms with Gasteiger partial charge in [0.1, 0.15) is 0 Å². The molecule has 1 spiro atoms. The largest absolute Gasteiger partial charge is 0.342 e. The zero-order valence-electron chi connectivity index (χ0n) is 23.2. The molecule has 6 rings (SSSR count). The molecule has 41 heavy (non-hydrogen) atoms. The van der Waals surface area contributed by atoms with Crippen LogP contribution in [0.25, 0.3) is 11.1 Å². The minimum atomic E-state index is -0.453. The third kappa shape index (κ3) is 5.02. The first-order chi connectivity index (χ1) is 20.0. The lowest BCUT2D eigenvalue weighted by molar-refractivity contribution is -0.136. The molecule has 0 bridgehead atoms. The second-order valence-corrected chi connectivity index (χ2v) is 10.9. The van der Waals surface area contributed by atoms with Crippen LogP contribution in [0, 0.1) is 5.41 Å². The molecule has 206 valence electrons. The lowest BCUT2D eigenvalue weighted by atomic mass is 9.78. The van der Waals surface area contributed by atoms with Gasteiger partial charge in [-0.3, -0.25) is 14.4 Å². The molecule has 3 amide bonds. The van der Waals surface area contributed by atoms with Gasteiger partial charge in [0.15, 0.2) is 0 Å². The highest BCUT2D eigenvalue weighted by molar-refractivity contribution is 6.10. The highest BCUT2D eigenvalue weighted by Gasteiger charge is 2.48. The maximum atomic E-state index is 13.8. The number of carbonyl (C=O) groups is 3. The van der Waals surface area contributed by atoms with Crippen LogP contribution in [0.4, 0.5) is 11.4 Å². The first-order valence-electron chi connectivity index (χ1n) is 14.2. The number of benzene rings is 4. The maximum absolute atomic E-state index is 13.8. The minimum Gasteiger partial charge on any atom is -0.342 e. The molecule has 1 fully saturated rings. The van der Waals surface area contributed by atoms with Gasteiger partial charge in [-0.15, -0.1) is 0 Å². The highest BCUT2D eigenvalue weighted by atomic mass is 16.2. The zero-order valence-corrected chi connectivity index (χ0v) is 23.2. The van der Waals surface area contributed by atoms with E-state index in [2.05, 4.69) is 5.32 Å². The van der Waals surface area contributed by atoms with Crippen molar-refractivity contribution in [3.8, 4) is 11.1 Å². The number of amides is 3. The average Bonchev–Trinajstić information content (AvgIpc) is 3.21. The minimum absolute atomic E-state index is 0.111. The number of nitrogens with one attached hydrogen (secondary N) is 1. The van der Waals surface area contributed by atoms with Crippen molar-refractivity contribution < 1.29 is 14.4 Å². The number of hydrogen-bond acceptors (Lipinski definition) is 3. The number of fused-ring (bicyclic) bond motifs is 1. The third-order valence-corrected chi connectivity index (χ3v) is 8.50. The molecule has 1 atom stereocenters. The van der Waals surface area contributed by atoms with Gasteiger partial charge in [-0.2, -0.15) is 0 Å². The van der Waals surface area contributed by atoms with E-state index in [9.17, 15) is 14.4 Å². The number of carbonyl (C=O) groups excluding carboxylic acids is 3. The number of hydrogen-bond donors (Lipinski definition) is 1. The fraction of sp³-hybridized carbons (Fsp3) is 0.229. The van der Waals surface area contributed by atoms with E-state index in [4.69, 9.17) is 0 Å². The summed E-state index contributed by atoms with van der Waals surface area (Å²) in [5, 5.41) is 2.98. The van der Waals surface area contributed by atoms with E-state index < -0.39 is 5.41 Å². The summed E-state index contributed by atoms with van der Waals surface area (Å²) in [7, 11) is 0.